The van der Waals surface area contributed by atoms with E-state index in [1.165, 1.54) is 6.42 Å². The van der Waals surface area contributed by atoms with Crippen LogP contribution in [-0.2, 0) is 10.0 Å². The first kappa shape index (κ1) is 16.5. The van der Waals surface area contributed by atoms with Gasteiger partial charge in [-0.25, -0.2) is 13.1 Å². The Bertz CT molecular complexity index is 554. The lowest BCUT2D eigenvalue weighted by molar-refractivity contribution is 0.310. The number of sulfonamides is 1. The van der Waals surface area contributed by atoms with E-state index in [-0.39, 0.29) is 12.1 Å². The molecule has 1 fully saturated rings. The van der Waals surface area contributed by atoms with Crippen LogP contribution in [0.5, 0.6) is 0 Å². The standard InChI is InChI=1S/C16H26N2O2S/c1-12-6-4-5-7-16(12)18-21(19,20)15-10-8-14(9-11-15)13(2)17-3/h8-13,16-18H,4-7H2,1-3H3. The summed E-state index contributed by atoms with van der Waals surface area (Å²) in [6.45, 7) is 4.18. The van der Waals surface area contributed by atoms with Gasteiger partial charge in [0.05, 0.1) is 4.90 Å². The highest BCUT2D eigenvalue weighted by atomic mass is 32.2. The smallest absolute Gasteiger partial charge is 0.240 e. The number of benzene rings is 1. The highest BCUT2D eigenvalue weighted by Crippen LogP contribution is 2.25. The fourth-order valence-corrected chi connectivity index (χ4v) is 4.24. The van der Waals surface area contributed by atoms with Gasteiger partial charge in [0.25, 0.3) is 0 Å². The van der Waals surface area contributed by atoms with Crippen molar-refractivity contribution in [1.82, 2.24) is 10.0 Å². The summed E-state index contributed by atoms with van der Waals surface area (Å²) in [5.74, 6) is 0.414. The highest BCUT2D eigenvalue weighted by Gasteiger charge is 2.26. The van der Waals surface area contributed by atoms with Crippen LogP contribution < -0.4 is 10.0 Å². The van der Waals surface area contributed by atoms with E-state index in [0.29, 0.717) is 10.8 Å². The SMILES string of the molecule is CNC(C)c1ccc(S(=O)(=O)NC2CCCCC2C)cc1. The Morgan fingerprint density at radius 3 is 2.33 bits per heavy atom. The number of rotatable bonds is 5. The van der Waals surface area contributed by atoms with E-state index in [1.807, 2.05) is 26.1 Å². The summed E-state index contributed by atoms with van der Waals surface area (Å²) < 4.78 is 27.8. The summed E-state index contributed by atoms with van der Waals surface area (Å²) in [5, 5.41) is 3.15. The van der Waals surface area contributed by atoms with Crippen LogP contribution in [0.3, 0.4) is 0 Å². The second-order valence-electron chi connectivity index (χ2n) is 6.07. The van der Waals surface area contributed by atoms with Gasteiger partial charge in [-0.15, -0.1) is 0 Å². The summed E-state index contributed by atoms with van der Waals surface area (Å²) >= 11 is 0. The van der Waals surface area contributed by atoms with Crippen molar-refractivity contribution in [3.8, 4) is 0 Å². The van der Waals surface area contributed by atoms with E-state index in [2.05, 4.69) is 17.0 Å². The molecule has 5 heteroatoms. The molecule has 1 saturated carbocycles. The molecular weight excluding hydrogens is 284 g/mol. The predicted molar refractivity (Wildman–Crippen MR) is 85.7 cm³/mol. The van der Waals surface area contributed by atoms with Crippen LogP contribution in [0, 0.1) is 5.92 Å². The van der Waals surface area contributed by atoms with Crippen molar-refractivity contribution >= 4 is 10.0 Å². The molecule has 118 valence electrons. The van der Waals surface area contributed by atoms with Gasteiger partial charge < -0.3 is 5.32 Å². The molecular formula is C16H26N2O2S. The summed E-state index contributed by atoms with van der Waals surface area (Å²) in [5.41, 5.74) is 1.09. The van der Waals surface area contributed by atoms with Crippen LogP contribution >= 0.6 is 0 Å². The van der Waals surface area contributed by atoms with Crippen LogP contribution in [0.25, 0.3) is 0 Å². The minimum atomic E-state index is -3.41. The molecule has 2 rings (SSSR count). The van der Waals surface area contributed by atoms with Gasteiger partial charge in [-0.05, 0) is 50.4 Å². The Hall–Kier alpha value is -0.910. The number of hydrogen-bond donors (Lipinski definition) is 2. The lowest BCUT2D eigenvalue weighted by Crippen LogP contribution is -2.40. The number of hydrogen-bond acceptors (Lipinski definition) is 3. The zero-order chi connectivity index (χ0) is 15.5. The molecule has 0 amide bonds. The largest absolute Gasteiger partial charge is 0.313 e. The second kappa shape index (κ2) is 6.90. The summed E-state index contributed by atoms with van der Waals surface area (Å²) in [6.07, 6.45) is 4.35. The van der Waals surface area contributed by atoms with Gasteiger partial charge in [0.2, 0.25) is 10.0 Å². The maximum atomic E-state index is 12.5. The van der Waals surface area contributed by atoms with Gasteiger partial charge in [-0.1, -0.05) is 31.9 Å². The molecule has 0 saturated heterocycles. The van der Waals surface area contributed by atoms with Crippen LogP contribution in [-0.4, -0.2) is 21.5 Å². The molecule has 2 N–H and O–H groups in total. The van der Waals surface area contributed by atoms with Crippen molar-refractivity contribution in [1.29, 1.82) is 0 Å². The molecule has 0 heterocycles. The summed E-state index contributed by atoms with van der Waals surface area (Å²) in [4.78, 5) is 0.354. The average molecular weight is 310 g/mol. The van der Waals surface area contributed by atoms with Gasteiger partial charge in [-0.2, -0.15) is 0 Å². The average Bonchev–Trinajstić information content (AvgIpc) is 2.49. The molecule has 0 spiro atoms. The van der Waals surface area contributed by atoms with Gasteiger partial charge in [0.1, 0.15) is 0 Å². The molecule has 0 aromatic heterocycles. The van der Waals surface area contributed by atoms with Crippen LogP contribution in [0.15, 0.2) is 29.2 Å². The molecule has 3 unspecified atom stereocenters. The molecule has 0 radical (unpaired) electrons. The first-order chi connectivity index (χ1) is 9.94. The monoisotopic (exact) mass is 310 g/mol. The minimum Gasteiger partial charge on any atom is -0.313 e. The third-order valence-electron chi connectivity index (χ3n) is 4.54. The minimum absolute atomic E-state index is 0.0691. The van der Waals surface area contributed by atoms with Crippen molar-refractivity contribution in [2.24, 2.45) is 5.92 Å². The van der Waals surface area contributed by atoms with Crippen molar-refractivity contribution in [2.45, 2.75) is 56.5 Å². The molecule has 0 bridgehead atoms. The Morgan fingerprint density at radius 2 is 1.76 bits per heavy atom. The predicted octanol–water partition coefficient (Wildman–Crippen LogP) is 2.82. The quantitative estimate of drug-likeness (QED) is 0.879. The van der Waals surface area contributed by atoms with Gasteiger partial charge >= 0.3 is 0 Å². The molecule has 21 heavy (non-hydrogen) atoms. The van der Waals surface area contributed by atoms with Crippen LogP contribution in [0.1, 0.15) is 51.1 Å². The van der Waals surface area contributed by atoms with E-state index in [1.54, 1.807) is 12.1 Å². The maximum Gasteiger partial charge on any atom is 0.240 e. The molecule has 0 aliphatic heterocycles. The Kier molecular flexibility index (Phi) is 5.41. The molecule has 4 nitrogen and oxygen atoms in total. The van der Waals surface area contributed by atoms with Crippen LogP contribution in [0.2, 0.25) is 0 Å². The zero-order valence-electron chi connectivity index (χ0n) is 13.1. The topological polar surface area (TPSA) is 58.2 Å². The second-order valence-corrected chi connectivity index (χ2v) is 7.78. The molecule has 1 aromatic carbocycles. The molecule has 1 aliphatic carbocycles. The lowest BCUT2D eigenvalue weighted by Gasteiger charge is -2.29. The van der Waals surface area contributed by atoms with Crippen molar-refractivity contribution < 1.29 is 8.42 Å². The van der Waals surface area contributed by atoms with Gasteiger partial charge in [-0.3, -0.25) is 0 Å². The Balaban J connectivity index is 2.12. The third-order valence-corrected chi connectivity index (χ3v) is 6.05. The first-order valence-electron chi connectivity index (χ1n) is 7.73. The van der Waals surface area contributed by atoms with E-state index >= 15 is 0 Å². The fraction of sp³-hybridized carbons (Fsp3) is 0.625. The highest BCUT2D eigenvalue weighted by molar-refractivity contribution is 7.89. The van der Waals surface area contributed by atoms with E-state index in [9.17, 15) is 8.42 Å². The normalized spacial score (nSPS) is 24.7. The molecule has 1 aromatic rings. The van der Waals surface area contributed by atoms with Crippen molar-refractivity contribution in [3.63, 3.8) is 0 Å². The lowest BCUT2D eigenvalue weighted by atomic mass is 9.87. The van der Waals surface area contributed by atoms with E-state index in [4.69, 9.17) is 0 Å². The summed E-state index contributed by atoms with van der Waals surface area (Å²) in [7, 11) is -1.52. The molecule has 1 aliphatic rings. The maximum absolute atomic E-state index is 12.5. The Morgan fingerprint density at radius 1 is 1.14 bits per heavy atom. The first-order valence-corrected chi connectivity index (χ1v) is 9.22. The zero-order valence-corrected chi connectivity index (χ0v) is 13.9. The molecule has 3 atom stereocenters. The summed E-state index contributed by atoms with van der Waals surface area (Å²) in [6, 6.07) is 7.42. The van der Waals surface area contributed by atoms with Crippen LogP contribution in [0.4, 0.5) is 0 Å². The Labute approximate surface area is 128 Å². The van der Waals surface area contributed by atoms with Crippen molar-refractivity contribution in [3.05, 3.63) is 29.8 Å². The van der Waals surface area contributed by atoms with E-state index in [0.717, 1.165) is 24.8 Å². The van der Waals surface area contributed by atoms with E-state index < -0.39 is 10.0 Å². The van der Waals surface area contributed by atoms with Gasteiger partial charge in [0.15, 0.2) is 0 Å². The van der Waals surface area contributed by atoms with Crippen molar-refractivity contribution in [2.75, 3.05) is 7.05 Å². The van der Waals surface area contributed by atoms with Gasteiger partial charge in [0, 0.05) is 12.1 Å². The fourth-order valence-electron chi connectivity index (χ4n) is 2.86. The number of nitrogens with one attached hydrogen (secondary N) is 2. The third kappa shape index (κ3) is 4.05.